The Morgan fingerprint density at radius 1 is 1.00 bits per heavy atom. The van der Waals surface area contributed by atoms with Gasteiger partial charge in [0.15, 0.2) is 19.7 Å². The fraction of sp³-hybridized carbons (Fsp3) is 0.588. The second-order valence-corrected chi connectivity index (χ2v) is 12.1. The molecule has 0 radical (unpaired) electrons. The van der Waals surface area contributed by atoms with Gasteiger partial charge in [-0.2, -0.15) is 0 Å². The summed E-state index contributed by atoms with van der Waals surface area (Å²) in [7, 11) is -7.47. The van der Waals surface area contributed by atoms with Gasteiger partial charge in [0.25, 0.3) is 5.91 Å². The molecule has 1 saturated heterocycles. The number of rotatable bonds is 3. The fourth-order valence-electron chi connectivity index (χ4n) is 2.77. The van der Waals surface area contributed by atoms with Gasteiger partial charge in [0.2, 0.25) is 0 Å². The predicted molar refractivity (Wildman–Crippen MR) is 96.2 cm³/mol. The van der Waals surface area contributed by atoms with Crippen LogP contribution in [0, 0.1) is 0 Å². The van der Waals surface area contributed by atoms with Crippen molar-refractivity contribution < 1.29 is 21.6 Å². The monoisotopic (exact) mass is 387 g/mol. The molecule has 2 rings (SSSR count). The number of benzene rings is 1. The maximum Gasteiger partial charge on any atom is 0.255 e. The van der Waals surface area contributed by atoms with E-state index in [9.17, 15) is 21.6 Å². The van der Waals surface area contributed by atoms with Crippen molar-refractivity contribution in [1.82, 2.24) is 4.90 Å². The molecule has 1 aliphatic rings. The Morgan fingerprint density at radius 2 is 1.56 bits per heavy atom. The van der Waals surface area contributed by atoms with Crippen molar-refractivity contribution in [2.45, 2.75) is 54.6 Å². The van der Waals surface area contributed by atoms with Crippen LogP contribution in [0.2, 0.25) is 0 Å². The van der Waals surface area contributed by atoms with Gasteiger partial charge in [0, 0.05) is 19.3 Å². The Labute approximate surface area is 150 Å². The molecule has 0 aliphatic carbocycles. The number of carbonyl (C=O) groups excluding carboxylic acids is 1. The summed E-state index contributed by atoms with van der Waals surface area (Å²) in [4.78, 5) is 14.1. The zero-order valence-corrected chi connectivity index (χ0v) is 16.7. The van der Waals surface area contributed by atoms with E-state index < -0.39 is 24.4 Å². The molecule has 0 atom stereocenters. The molecule has 1 aliphatic heterocycles. The first-order valence-electron chi connectivity index (χ1n) is 8.24. The summed E-state index contributed by atoms with van der Waals surface area (Å²) >= 11 is 0. The zero-order valence-electron chi connectivity index (χ0n) is 15.1. The number of piperidine rings is 1. The molecule has 1 aromatic rings. The van der Waals surface area contributed by atoms with Gasteiger partial charge in [-0.05, 0) is 58.2 Å². The molecule has 1 amide bonds. The molecule has 0 unspecified atom stereocenters. The Morgan fingerprint density at radius 3 is 2.04 bits per heavy atom. The van der Waals surface area contributed by atoms with Crippen LogP contribution in [-0.2, 0) is 19.7 Å². The van der Waals surface area contributed by atoms with Crippen molar-refractivity contribution in [2.24, 2.45) is 0 Å². The minimum absolute atomic E-state index is 0.0391. The van der Waals surface area contributed by atoms with E-state index in [1.807, 2.05) is 0 Å². The van der Waals surface area contributed by atoms with Crippen LogP contribution in [0.25, 0.3) is 0 Å². The topological polar surface area (TPSA) is 88.6 Å². The van der Waals surface area contributed by atoms with Crippen molar-refractivity contribution in [3.8, 4) is 0 Å². The summed E-state index contributed by atoms with van der Waals surface area (Å²) in [5, 5.41) is 0. The van der Waals surface area contributed by atoms with E-state index in [2.05, 4.69) is 0 Å². The second-order valence-electron chi connectivity index (χ2n) is 7.40. The first kappa shape index (κ1) is 19.9. The largest absolute Gasteiger partial charge is 0.339 e. The van der Waals surface area contributed by atoms with Crippen LogP contribution >= 0.6 is 0 Å². The summed E-state index contributed by atoms with van der Waals surface area (Å²) in [5.41, 5.74) is 0.0391. The maximum absolute atomic E-state index is 12.7. The lowest BCUT2D eigenvalue weighted by atomic mass is 10.1. The Hall–Kier alpha value is -1.41. The normalized spacial score (nSPS) is 16.7. The highest BCUT2D eigenvalue weighted by molar-refractivity contribution is 7.93. The quantitative estimate of drug-likeness (QED) is 0.794. The van der Waals surface area contributed by atoms with Crippen LogP contribution in [0.4, 0.5) is 0 Å². The molecule has 0 spiro atoms. The van der Waals surface area contributed by atoms with Crippen LogP contribution in [0.1, 0.15) is 50.4 Å². The molecular weight excluding hydrogens is 362 g/mol. The number of sulfone groups is 2. The van der Waals surface area contributed by atoms with Gasteiger partial charge < -0.3 is 4.90 Å². The SMILES string of the molecule is CC(C)(C)S(=O)(=O)c1ccc(C(=O)N2CCCCC2)c(S(C)(=O)=O)c1. The lowest BCUT2D eigenvalue weighted by molar-refractivity contribution is 0.0720. The minimum Gasteiger partial charge on any atom is -0.339 e. The predicted octanol–water partition coefficient (Wildman–Crippen LogP) is 2.29. The number of hydrogen-bond acceptors (Lipinski definition) is 5. The molecule has 8 heteroatoms. The molecule has 1 heterocycles. The van der Waals surface area contributed by atoms with Crippen molar-refractivity contribution in [3.63, 3.8) is 0 Å². The zero-order chi connectivity index (χ0) is 19.0. The van der Waals surface area contributed by atoms with Crippen LogP contribution in [0.15, 0.2) is 28.0 Å². The summed E-state index contributed by atoms with van der Waals surface area (Å²) in [6.07, 6.45) is 3.81. The lowest BCUT2D eigenvalue weighted by Crippen LogP contribution is -2.36. The fourth-order valence-corrected chi connectivity index (χ4v) is 4.97. The van der Waals surface area contributed by atoms with Gasteiger partial charge in [0.05, 0.1) is 20.1 Å². The first-order chi connectivity index (χ1) is 11.4. The standard InChI is InChI=1S/C17H25NO5S2/c1-17(2,3)25(22,23)13-8-9-14(15(12-13)24(4,20)21)16(19)18-10-6-5-7-11-18/h8-9,12H,5-7,10-11H2,1-4H3. The first-order valence-corrected chi connectivity index (χ1v) is 11.6. The minimum atomic E-state index is -3.76. The summed E-state index contributed by atoms with van der Waals surface area (Å²) in [6, 6.07) is 3.77. The van der Waals surface area contributed by atoms with Crippen molar-refractivity contribution >= 4 is 25.6 Å². The number of hydrogen-bond donors (Lipinski definition) is 0. The third-order valence-electron chi connectivity index (χ3n) is 4.34. The van der Waals surface area contributed by atoms with E-state index >= 15 is 0 Å². The smallest absolute Gasteiger partial charge is 0.255 e. The number of carbonyl (C=O) groups is 1. The molecule has 0 bridgehead atoms. The van der Waals surface area contributed by atoms with Gasteiger partial charge in [-0.1, -0.05) is 0 Å². The van der Waals surface area contributed by atoms with Gasteiger partial charge in [-0.3, -0.25) is 4.79 Å². The van der Waals surface area contributed by atoms with Crippen LogP contribution < -0.4 is 0 Å². The Kier molecular flexibility index (Phi) is 5.35. The third-order valence-corrected chi connectivity index (χ3v) is 7.97. The third kappa shape index (κ3) is 4.06. The van der Waals surface area contributed by atoms with Gasteiger partial charge in [-0.25, -0.2) is 16.8 Å². The average Bonchev–Trinajstić information content (AvgIpc) is 2.52. The van der Waals surface area contributed by atoms with E-state index in [4.69, 9.17) is 0 Å². The molecule has 1 fully saturated rings. The van der Waals surface area contributed by atoms with E-state index in [0.717, 1.165) is 31.6 Å². The number of likely N-dealkylation sites (tertiary alicyclic amines) is 1. The van der Waals surface area contributed by atoms with Crippen LogP contribution in [0.3, 0.4) is 0 Å². The highest BCUT2D eigenvalue weighted by atomic mass is 32.2. The molecule has 140 valence electrons. The van der Waals surface area contributed by atoms with Crippen LogP contribution in [-0.4, -0.2) is 51.7 Å². The number of amides is 1. The molecule has 25 heavy (non-hydrogen) atoms. The molecular formula is C17H25NO5S2. The highest BCUT2D eigenvalue weighted by Gasteiger charge is 2.33. The van der Waals surface area contributed by atoms with E-state index in [0.29, 0.717) is 13.1 Å². The Bertz CT molecular complexity index is 874. The summed E-state index contributed by atoms with van der Waals surface area (Å²) in [5.74, 6) is -0.361. The maximum atomic E-state index is 12.7. The van der Waals surface area contributed by atoms with Crippen molar-refractivity contribution in [1.29, 1.82) is 0 Å². The lowest BCUT2D eigenvalue weighted by Gasteiger charge is -2.27. The van der Waals surface area contributed by atoms with Gasteiger partial charge in [0.1, 0.15) is 0 Å². The molecule has 0 N–H and O–H groups in total. The van der Waals surface area contributed by atoms with Gasteiger partial charge >= 0.3 is 0 Å². The van der Waals surface area contributed by atoms with Crippen LogP contribution in [0.5, 0.6) is 0 Å². The van der Waals surface area contributed by atoms with E-state index in [1.54, 1.807) is 25.7 Å². The molecule has 0 aromatic heterocycles. The summed E-state index contributed by atoms with van der Waals surface area (Å²) in [6.45, 7) is 5.83. The molecule has 1 aromatic carbocycles. The highest BCUT2D eigenvalue weighted by Crippen LogP contribution is 2.29. The van der Waals surface area contributed by atoms with Crippen molar-refractivity contribution in [2.75, 3.05) is 19.3 Å². The summed E-state index contributed by atoms with van der Waals surface area (Å²) < 4.78 is 48.6. The molecule has 6 nitrogen and oxygen atoms in total. The van der Waals surface area contributed by atoms with E-state index in [1.165, 1.54) is 12.1 Å². The Balaban J connectivity index is 2.58. The van der Waals surface area contributed by atoms with Crippen molar-refractivity contribution in [3.05, 3.63) is 23.8 Å². The average molecular weight is 388 g/mol. The van der Waals surface area contributed by atoms with Gasteiger partial charge in [-0.15, -0.1) is 0 Å². The molecule has 0 saturated carbocycles. The number of nitrogens with zero attached hydrogens (tertiary/aromatic N) is 1. The van der Waals surface area contributed by atoms with E-state index in [-0.39, 0.29) is 21.3 Å². The second kappa shape index (κ2) is 6.72.